The lowest BCUT2D eigenvalue weighted by Gasteiger charge is -2.30. The summed E-state index contributed by atoms with van der Waals surface area (Å²) in [7, 11) is -3.55. The maximum absolute atomic E-state index is 13.3. The number of rotatable bonds is 12. The molecule has 2 aromatic rings. The van der Waals surface area contributed by atoms with E-state index < -0.39 is 16.1 Å². The second-order valence-electron chi connectivity index (χ2n) is 8.41. The Morgan fingerprint density at radius 2 is 1.69 bits per heavy atom. The van der Waals surface area contributed by atoms with E-state index in [0.717, 1.165) is 18.2 Å². The third-order valence-electron chi connectivity index (χ3n) is 5.64. The number of carbonyl (C=O) groups is 2. The lowest BCUT2D eigenvalue weighted by Crippen LogP contribution is -2.48. The Balaban J connectivity index is 2.22. The van der Waals surface area contributed by atoms with E-state index in [1.807, 2.05) is 26.0 Å². The average Bonchev–Trinajstić information content (AvgIpc) is 2.79. The number of carbonyl (C=O) groups excluding carboxylic acids is 2. The molecule has 35 heavy (non-hydrogen) atoms. The predicted octanol–water partition coefficient (Wildman–Crippen LogP) is 4.79. The summed E-state index contributed by atoms with van der Waals surface area (Å²) >= 11 is 12.7. The van der Waals surface area contributed by atoms with E-state index in [1.54, 1.807) is 37.3 Å². The van der Waals surface area contributed by atoms with Gasteiger partial charge in [-0.25, -0.2) is 8.42 Å². The first-order valence-electron chi connectivity index (χ1n) is 11.5. The minimum Gasteiger partial charge on any atom is -0.354 e. The number of nitrogens with zero attached hydrogens (tertiary/aromatic N) is 2. The van der Waals surface area contributed by atoms with E-state index in [2.05, 4.69) is 5.32 Å². The fourth-order valence-electron chi connectivity index (χ4n) is 3.66. The van der Waals surface area contributed by atoms with Crippen molar-refractivity contribution < 1.29 is 18.0 Å². The number of amides is 2. The Bertz CT molecular complexity index is 1120. The van der Waals surface area contributed by atoms with Crippen molar-refractivity contribution in [2.75, 3.05) is 23.7 Å². The van der Waals surface area contributed by atoms with E-state index in [9.17, 15) is 18.0 Å². The zero-order valence-corrected chi connectivity index (χ0v) is 22.9. The second kappa shape index (κ2) is 13.1. The third kappa shape index (κ3) is 8.12. The predicted molar refractivity (Wildman–Crippen MR) is 142 cm³/mol. The second-order valence-corrected chi connectivity index (χ2v) is 11.1. The molecule has 0 unspecified atom stereocenters. The highest BCUT2D eigenvalue weighted by atomic mass is 35.5. The van der Waals surface area contributed by atoms with Crippen molar-refractivity contribution in [3.63, 3.8) is 0 Å². The van der Waals surface area contributed by atoms with E-state index in [-0.39, 0.29) is 37.7 Å². The summed E-state index contributed by atoms with van der Waals surface area (Å²) in [6, 6.07) is 11.5. The summed E-state index contributed by atoms with van der Waals surface area (Å²) in [4.78, 5) is 27.4. The topological polar surface area (TPSA) is 86.8 Å². The summed E-state index contributed by atoms with van der Waals surface area (Å²) in [5.41, 5.74) is 1.95. The van der Waals surface area contributed by atoms with Gasteiger partial charge in [0.15, 0.2) is 0 Å². The van der Waals surface area contributed by atoms with Crippen LogP contribution >= 0.6 is 23.2 Å². The molecular formula is C25H33Cl2N3O4S. The molecule has 10 heteroatoms. The molecule has 0 saturated heterocycles. The highest BCUT2D eigenvalue weighted by molar-refractivity contribution is 7.92. The Morgan fingerprint density at radius 3 is 2.26 bits per heavy atom. The maximum atomic E-state index is 13.3. The van der Waals surface area contributed by atoms with Crippen LogP contribution in [0.2, 0.25) is 10.0 Å². The smallest absolute Gasteiger partial charge is 0.242 e. The highest BCUT2D eigenvalue weighted by Gasteiger charge is 2.28. The monoisotopic (exact) mass is 541 g/mol. The van der Waals surface area contributed by atoms with Gasteiger partial charge < -0.3 is 10.2 Å². The van der Waals surface area contributed by atoms with Crippen LogP contribution in [0.3, 0.4) is 0 Å². The average molecular weight is 543 g/mol. The fraction of sp³-hybridized carbons (Fsp3) is 0.440. The molecule has 0 fully saturated rings. The van der Waals surface area contributed by atoms with Crippen molar-refractivity contribution in [2.24, 2.45) is 0 Å². The zero-order valence-electron chi connectivity index (χ0n) is 20.6. The number of nitrogens with one attached hydrogen (secondary N) is 1. The van der Waals surface area contributed by atoms with Crippen LogP contribution in [0.5, 0.6) is 0 Å². The van der Waals surface area contributed by atoms with Crippen LogP contribution in [0.4, 0.5) is 5.69 Å². The minimum absolute atomic E-state index is 0.0470. The number of aryl methyl sites for hydroxylation is 1. The molecule has 2 aromatic carbocycles. The zero-order chi connectivity index (χ0) is 26.2. The summed E-state index contributed by atoms with van der Waals surface area (Å²) in [5.74, 6) is -0.570. The van der Waals surface area contributed by atoms with Crippen LogP contribution in [-0.4, -0.2) is 50.5 Å². The number of benzene rings is 2. The standard InChI is InChI=1S/C25H33Cl2N3O4S/c1-5-15-28-25(32)19(3)29(17-20-21(26)11-8-12-22(20)27)24(31)14-9-16-30(35(4,33)34)23-13-7-6-10-18(23)2/h6-8,10-13,19H,5,9,14-17H2,1-4H3,(H,28,32)/t19-/m1/s1. The molecule has 7 nitrogen and oxygen atoms in total. The number of hydrogen-bond acceptors (Lipinski definition) is 4. The molecule has 0 radical (unpaired) electrons. The molecule has 0 aromatic heterocycles. The van der Waals surface area contributed by atoms with Crippen molar-refractivity contribution in [3.05, 3.63) is 63.6 Å². The Kier molecular flexibility index (Phi) is 10.9. The Morgan fingerprint density at radius 1 is 1.06 bits per heavy atom. The summed E-state index contributed by atoms with van der Waals surface area (Å²) in [6.07, 6.45) is 2.23. The third-order valence-corrected chi connectivity index (χ3v) is 7.53. The van der Waals surface area contributed by atoms with E-state index in [0.29, 0.717) is 27.8 Å². The SMILES string of the molecule is CCCNC(=O)[C@@H](C)N(Cc1c(Cl)cccc1Cl)C(=O)CCCN(c1ccccc1C)S(C)(=O)=O. The summed E-state index contributed by atoms with van der Waals surface area (Å²) < 4.78 is 26.2. The molecule has 0 aliphatic heterocycles. The van der Waals surface area contributed by atoms with Crippen molar-refractivity contribution >= 4 is 50.7 Å². The minimum atomic E-state index is -3.55. The van der Waals surface area contributed by atoms with Gasteiger partial charge in [0.1, 0.15) is 6.04 Å². The molecule has 1 N–H and O–H groups in total. The lowest BCUT2D eigenvalue weighted by atomic mass is 10.1. The van der Waals surface area contributed by atoms with Gasteiger partial charge in [0, 0.05) is 41.7 Å². The molecule has 0 aliphatic rings. The van der Waals surface area contributed by atoms with Gasteiger partial charge >= 0.3 is 0 Å². The van der Waals surface area contributed by atoms with Crippen molar-refractivity contribution in [2.45, 2.75) is 52.6 Å². The molecular weight excluding hydrogens is 509 g/mol. The number of hydrogen-bond donors (Lipinski definition) is 1. The first kappa shape index (κ1) is 28.9. The van der Waals surface area contributed by atoms with E-state index >= 15 is 0 Å². The first-order valence-corrected chi connectivity index (χ1v) is 14.1. The Hall–Kier alpha value is -2.29. The van der Waals surface area contributed by atoms with E-state index in [1.165, 1.54) is 9.21 Å². The molecule has 2 rings (SSSR count). The van der Waals surface area contributed by atoms with Gasteiger partial charge in [-0.15, -0.1) is 0 Å². The van der Waals surface area contributed by atoms with Gasteiger partial charge in [-0.1, -0.05) is 54.4 Å². The van der Waals surface area contributed by atoms with Crippen LogP contribution in [0.15, 0.2) is 42.5 Å². The molecule has 0 spiro atoms. The van der Waals surface area contributed by atoms with Gasteiger partial charge in [0.2, 0.25) is 21.8 Å². The largest absolute Gasteiger partial charge is 0.354 e. The van der Waals surface area contributed by atoms with Gasteiger partial charge in [-0.3, -0.25) is 13.9 Å². The van der Waals surface area contributed by atoms with Gasteiger partial charge in [0.05, 0.1) is 11.9 Å². The van der Waals surface area contributed by atoms with Crippen molar-refractivity contribution in [3.8, 4) is 0 Å². The molecule has 2 amide bonds. The van der Waals surface area contributed by atoms with Crippen LogP contribution in [0, 0.1) is 6.92 Å². The lowest BCUT2D eigenvalue weighted by molar-refractivity contribution is -0.140. The fourth-order valence-corrected chi connectivity index (χ4v) is 5.20. The molecule has 1 atom stereocenters. The normalized spacial score (nSPS) is 12.2. The van der Waals surface area contributed by atoms with Crippen LogP contribution < -0.4 is 9.62 Å². The van der Waals surface area contributed by atoms with Gasteiger partial charge in [0.25, 0.3) is 0 Å². The van der Waals surface area contributed by atoms with Crippen LogP contribution in [0.1, 0.15) is 44.2 Å². The number of halogens is 2. The molecule has 0 bridgehead atoms. The first-order chi connectivity index (χ1) is 16.5. The number of anilines is 1. The van der Waals surface area contributed by atoms with Crippen molar-refractivity contribution in [1.82, 2.24) is 10.2 Å². The number of para-hydroxylation sites is 1. The maximum Gasteiger partial charge on any atom is 0.242 e. The van der Waals surface area contributed by atoms with Gasteiger partial charge in [-0.05, 0) is 50.5 Å². The number of sulfonamides is 1. The molecule has 0 heterocycles. The van der Waals surface area contributed by atoms with Crippen LogP contribution in [0.25, 0.3) is 0 Å². The molecule has 0 aliphatic carbocycles. The van der Waals surface area contributed by atoms with Gasteiger partial charge in [-0.2, -0.15) is 0 Å². The summed E-state index contributed by atoms with van der Waals surface area (Å²) in [5, 5.41) is 3.62. The quantitative estimate of drug-likeness (QED) is 0.418. The Labute approximate surface area is 218 Å². The highest BCUT2D eigenvalue weighted by Crippen LogP contribution is 2.27. The van der Waals surface area contributed by atoms with E-state index in [4.69, 9.17) is 23.2 Å². The van der Waals surface area contributed by atoms with Crippen molar-refractivity contribution in [1.29, 1.82) is 0 Å². The summed E-state index contributed by atoms with van der Waals surface area (Å²) in [6.45, 7) is 6.13. The molecule has 0 saturated carbocycles. The van der Waals surface area contributed by atoms with Crippen LogP contribution in [-0.2, 0) is 26.2 Å². The molecule has 192 valence electrons.